The lowest BCUT2D eigenvalue weighted by Gasteiger charge is -2.15. The Labute approximate surface area is 189 Å². The van der Waals surface area contributed by atoms with Crippen LogP contribution >= 0.6 is 15.9 Å². The molecule has 0 unspecified atom stereocenters. The summed E-state index contributed by atoms with van der Waals surface area (Å²) in [5.41, 5.74) is -0.654. The van der Waals surface area contributed by atoms with E-state index in [1.54, 1.807) is 12.1 Å². The quantitative estimate of drug-likeness (QED) is 0.309. The SMILES string of the molecule is N#Cc1cc(Oc2c(F)c(F)c3c(ccn3S(=O)(=O)c3ccccc3)c2CBr)ccc1F. The zero-order valence-corrected chi connectivity index (χ0v) is 18.4. The summed E-state index contributed by atoms with van der Waals surface area (Å²) in [6, 6.07) is 13.5. The van der Waals surface area contributed by atoms with Gasteiger partial charge in [-0.3, -0.25) is 0 Å². The molecule has 4 aromatic rings. The molecule has 0 atom stereocenters. The maximum atomic E-state index is 15.2. The number of hydrogen-bond donors (Lipinski definition) is 0. The topological polar surface area (TPSA) is 72.1 Å². The van der Waals surface area contributed by atoms with Gasteiger partial charge in [-0.15, -0.1) is 0 Å². The molecule has 3 aromatic carbocycles. The first-order valence-electron chi connectivity index (χ1n) is 9.04. The molecule has 0 bridgehead atoms. The van der Waals surface area contributed by atoms with E-state index in [0.29, 0.717) is 3.97 Å². The van der Waals surface area contributed by atoms with E-state index in [2.05, 4.69) is 15.9 Å². The van der Waals surface area contributed by atoms with Crippen LogP contribution in [-0.2, 0) is 15.4 Å². The fraction of sp³-hybridized carbons (Fsp3) is 0.0455. The third-order valence-electron chi connectivity index (χ3n) is 4.76. The van der Waals surface area contributed by atoms with E-state index in [0.717, 1.165) is 18.3 Å². The highest BCUT2D eigenvalue weighted by Gasteiger charge is 2.28. The van der Waals surface area contributed by atoms with Gasteiger partial charge in [0.05, 0.1) is 10.5 Å². The number of benzene rings is 3. The minimum Gasteiger partial charge on any atom is -0.454 e. The molecule has 10 heteroatoms. The molecular weight excluding hydrogens is 509 g/mol. The Hall–Kier alpha value is -3.29. The molecule has 4 rings (SSSR count). The fourth-order valence-corrected chi connectivity index (χ4v) is 5.17. The van der Waals surface area contributed by atoms with Crippen molar-refractivity contribution < 1.29 is 26.3 Å². The molecule has 162 valence electrons. The number of rotatable bonds is 5. The Morgan fingerprint density at radius 3 is 2.41 bits per heavy atom. The highest BCUT2D eigenvalue weighted by atomic mass is 79.9. The van der Waals surface area contributed by atoms with Gasteiger partial charge in [-0.25, -0.2) is 21.2 Å². The van der Waals surface area contributed by atoms with Gasteiger partial charge in [0.1, 0.15) is 23.2 Å². The minimum absolute atomic E-state index is 0.00225. The van der Waals surface area contributed by atoms with Crippen LogP contribution < -0.4 is 4.74 Å². The van der Waals surface area contributed by atoms with E-state index in [1.807, 2.05) is 0 Å². The van der Waals surface area contributed by atoms with Crippen molar-refractivity contribution in [2.45, 2.75) is 10.2 Å². The first kappa shape index (κ1) is 21.9. The van der Waals surface area contributed by atoms with Crippen molar-refractivity contribution >= 4 is 36.9 Å². The summed E-state index contributed by atoms with van der Waals surface area (Å²) in [6.45, 7) is 0. The largest absolute Gasteiger partial charge is 0.454 e. The van der Waals surface area contributed by atoms with Gasteiger partial charge >= 0.3 is 0 Å². The lowest BCUT2D eigenvalue weighted by Crippen LogP contribution is -2.13. The third-order valence-corrected chi connectivity index (χ3v) is 7.01. The summed E-state index contributed by atoms with van der Waals surface area (Å²) in [5.74, 6) is -4.22. The first-order chi connectivity index (χ1) is 15.3. The van der Waals surface area contributed by atoms with Gasteiger partial charge in [-0.05, 0) is 30.3 Å². The van der Waals surface area contributed by atoms with Crippen LogP contribution in [0.15, 0.2) is 65.7 Å². The molecule has 0 amide bonds. The van der Waals surface area contributed by atoms with Gasteiger partial charge in [0.25, 0.3) is 10.0 Å². The van der Waals surface area contributed by atoms with Crippen molar-refractivity contribution in [1.29, 1.82) is 5.26 Å². The van der Waals surface area contributed by atoms with Crippen LogP contribution in [-0.4, -0.2) is 12.4 Å². The standard InChI is InChI=1S/C22H12BrF3N2O3S/c23-11-17-16-8-9-28(32(29,30)15-4-2-1-3-5-15)21(16)19(25)20(26)22(17)31-14-6-7-18(24)13(10-14)12-27/h1-10H,11H2. The first-order valence-corrected chi connectivity index (χ1v) is 11.6. The molecule has 0 saturated carbocycles. The van der Waals surface area contributed by atoms with E-state index in [1.165, 1.54) is 36.4 Å². The molecule has 1 heterocycles. The van der Waals surface area contributed by atoms with Crippen molar-refractivity contribution in [2.24, 2.45) is 0 Å². The van der Waals surface area contributed by atoms with Gasteiger partial charge in [-0.1, -0.05) is 34.1 Å². The van der Waals surface area contributed by atoms with Crippen LogP contribution in [0.3, 0.4) is 0 Å². The molecule has 0 aliphatic heterocycles. The Morgan fingerprint density at radius 2 is 1.75 bits per heavy atom. The fourth-order valence-electron chi connectivity index (χ4n) is 3.25. The number of nitrogens with zero attached hydrogens (tertiary/aromatic N) is 2. The van der Waals surface area contributed by atoms with Gasteiger partial charge in [-0.2, -0.15) is 9.65 Å². The van der Waals surface area contributed by atoms with Crippen molar-refractivity contribution in [1.82, 2.24) is 3.97 Å². The van der Waals surface area contributed by atoms with E-state index < -0.39 is 38.7 Å². The molecule has 0 saturated heterocycles. The maximum Gasteiger partial charge on any atom is 0.268 e. The molecule has 0 aliphatic carbocycles. The molecule has 0 fully saturated rings. The minimum atomic E-state index is -4.20. The summed E-state index contributed by atoms with van der Waals surface area (Å²) in [4.78, 5) is -0.0895. The summed E-state index contributed by atoms with van der Waals surface area (Å²) < 4.78 is 76.0. The molecule has 32 heavy (non-hydrogen) atoms. The number of fused-ring (bicyclic) bond motifs is 1. The molecule has 0 spiro atoms. The second-order valence-electron chi connectivity index (χ2n) is 6.62. The Balaban J connectivity index is 1.92. The normalized spacial score (nSPS) is 11.5. The van der Waals surface area contributed by atoms with Crippen LogP contribution in [0, 0.1) is 28.8 Å². The van der Waals surface area contributed by atoms with Gasteiger partial charge in [0.15, 0.2) is 11.6 Å². The molecular formula is C22H12BrF3N2O3S. The second-order valence-corrected chi connectivity index (χ2v) is 8.99. The zero-order chi connectivity index (χ0) is 23.0. The van der Waals surface area contributed by atoms with Gasteiger partial charge < -0.3 is 4.74 Å². The van der Waals surface area contributed by atoms with Crippen molar-refractivity contribution in [3.8, 4) is 17.6 Å². The van der Waals surface area contributed by atoms with Crippen LogP contribution in [0.25, 0.3) is 10.9 Å². The lowest BCUT2D eigenvalue weighted by molar-refractivity contribution is 0.415. The molecule has 0 N–H and O–H groups in total. The molecule has 1 aromatic heterocycles. The molecule has 0 radical (unpaired) electrons. The third kappa shape index (κ3) is 3.53. The smallest absolute Gasteiger partial charge is 0.268 e. The summed E-state index contributed by atoms with van der Waals surface area (Å²) in [5, 5.41) is 9.08. The lowest BCUT2D eigenvalue weighted by atomic mass is 10.1. The average Bonchev–Trinajstić information content (AvgIpc) is 3.25. The predicted octanol–water partition coefficient (Wildman–Crippen LogP) is 5.85. The van der Waals surface area contributed by atoms with Crippen molar-refractivity contribution in [3.05, 3.63) is 89.4 Å². The number of halogens is 4. The van der Waals surface area contributed by atoms with E-state index in [4.69, 9.17) is 10.00 Å². The number of nitriles is 1. The van der Waals surface area contributed by atoms with E-state index in [-0.39, 0.29) is 32.5 Å². The highest BCUT2D eigenvalue weighted by molar-refractivity contribution is 9.08. The number of alkyl halides is 1. The second kappa shape index (κ2) is 8.33. The van der Waals surface area contributed by atoms with Crippen LogP contribution in [0.4, 0.5) is 13.2 Å². The number of ether oxygens (including phenoxy) is 1. The Kier molecular flexibility index (Phi) is 5.71. The predicted molar refractivity (Wildman–Crippen MR) is 115 cm³/mol. The zero-order valence-electron chi connectivity index (χ0n) is 16.0. The number of aromatic nitrogens is 1. The average molecular weight is 521 g/mol. The Bertz CT molecular complexity index is 1500. The summed E-state index contributed by atoms with van der Waals surface area (Å²) >= 11 is 3.21. The molecule has 0 aliphatic rings. The van der Waals surface area contributed by atoms with Crippen LogP contribution in [0.1, 0.15) is 11.1 Å². The van der Waals surface area contributed by atoms with E-state index in [9.17, 15) is 12.8 Å². The summed E-state index contributed by atoms with van der Waals surface area (Å²) in [7, 11) is -4.20. The van der Waals surface area contributed by atoms with Crippen LogP contribution in [0.5, 0.6) is 11.5 Å². The van der Waals surface area contributed by atoms with Gasteiger partial charge in [0.2, 0.25) is 5.82 Å². The monoisotopic (exact) mass is 520 g/mol. The maximum absolute atomic E-state index is 15.2. The highest BCUT2D eigenvalue weighted by Crippen LogP contribution is 2.39. The molecule has 5 nitrogen and oxygen atoms in total. The van der Waals surface area contributed by atoms with E-state index >= 15 is 8.78 Å². The van der Waals surface area contributed by atoms with Gasteiger partial charge in [0, 0.05) is 28.5 Å². The van der Waals surface area contributed by atoms with Crippen molar-refractivity contribution in [2.75, 3.05) is 0 Å². The number of hydrogen-bond acceptors (Lipinski definition) is 4. The summed E-state index contributed by atoms with van der Waals surface area (Å²) in [6.07, 6.45) is 1.14. The van der Waals surface area contributed by atoms with Crippen molar-refractivity contribution in [3.63, 3.8) is 0 Å². The Morgan fingerprint density at radius 1 is 1.03 bits per heavy atom. The van der Waals surface area contributed by atoms with Crippen LogP contribution in [0.2, 0.25) is 0 Å².